The third-order valence-corrected chi connectivity index (χ3v) is 5.45. The maximum atomic E-state index is 6.22. The first kappa shape index (κ1) is 14.6. The molecule has 0 atom stereocenters. The van der Waals surface area contributed by atoms with Crippen LogP contribution in [-0.4, -0.2) is 4.98 Å². The van der Waals surface area contributed by atoms with E-state index in [0.717, 1.165) is 16.3 Å². The van der Waals surface area contributed by atoms with Crippen LogP contribution in [0, 0.1) is 0 Å². The zero-order chi connectivity index (χ0) is 15.0. The van der Waals surface area contributed by atoms with Gasteiger partial charge in [-0.2, -0.15) is 0 Å². The summed E-state index contributed by atoms with van der Waals surface area (Å²) in [4.78, 5) is 4.85. The fourth-order valence-corrected chi connectivity index (χ4v) is 4.06. The molecule has 3 heteroatoms. The van der Waals surface area contributed by atoms with Gasteiger partial charge in [0.15, 0.2) is 0 Å². The molecular formula is C18H24N2S. The van der Waals surface area contributed by atoms with Crippen LogP contribution in [0.5, 0.6) is 0 Å². The molecule has 2 nitrogen and oxygen atoms in total. The van der Waals surface area contributed by atoms with E-state index in [0.29, 0.717) is 5.92 Å². The Hall–Kier alpha value is -1.35. The Balaban J connectivity index is 1.89. The van der Waals surface area contributed by atoms with Gasteiger partial charge in [-0.1, -0.05) is 57.9 Å². The number of anilines is 1. The van der Waals surface area contributed by atoms with Crippen molar-refractivity contribution in [1.82, 2.24) is 4.98 Å². The van der Waals surface area contributed by atoms with Gasteiger partial charge in [0.2, 0.25) is 0 Å². The molecule has 1 heterocycles. The Labute approximate surface area is 131 Å². The molecular weight excluding hydrogens is 276 g/mol. The third kappa shape index (κ3) is 2.98. The molecule has 1 aliphatic rings. The van der Waals surface area contributed by atoms with E-state index in [2.05, 4.69) is 45.0 Å². The molecule has 21 heavy (non-hydrogen) atoms. The second-order valence-corrected chi connectivity index (χ2v) is 8.14. The number of thiazole rings is 1. The highest BCUT2D eigenvalue weighted by Crippen LogP contribution is 2.40. The average molecular weight is 300 g/mol. The van der Waals surface area contributed by atoms with Gasteiger partial charge in [-0.25, -0.2) is 4.98 Å². The number of rotatable bonds is 2. The topological polar surface area (TPSA) is 38.9 Å². The van der Waals surface area contributed by atoms with Crippen LogP contribution in [0.1, 0.15) is 62.9 Å². The third-order valence-electron chi connectivity index (χ3n) is 4.40. The molecule has 2 aromatic rings. The second-order valence-electron chi connectivity index (χ2n) is 7.07. The molecule has 0 saturated heterocycles. The number of hydrogen-bond donors (Lipinski definition) is 1. The quantitative estimate of drug-likeness (QED) is 0.812. The van der Waals surface area contributed by atoms with E-state index in [4.69, 9.17) is 10.7 Å². The van der Waals surface area contributed by atoms with Crippen molar-refractivity contribution in [2.45, 2.75) is 57.8 Å². The lowest BCUT2D eigenvalue weighted by Gasteiger charge is -2.19. The molecule has 0 bridgehead atoms. The smallest absolute Gasteiger partial charge is 0.114 e. The zero-order valence-electron chi connectivity index (χ0n) is 13.1. The molecule has 112 valence electrons. The summed E-state index contributed by atoms with van der Waals surface area (Å²) in [5, 5.41) is 2.10. The van der Waals surface area contributed by atoms with Crippen molar-refractivity contribution in [1.29, 1.82) is 0 Å². The van der Waals surface area contributed by atoms with Crippen LogP contribution >= 0.6 is 11.3 Å². The number of hydrogen-bond acceptors (Lipinski definition) is 3. The van der Waals surface area contributed by atoms with E-state index in [1.165, 1.54) is 36.3 Å². The van der Waals surface area contributed by atoms with Crippen molar-refractivity contribution < 1.29 is 0 Å². The van der Waals surface area contributed by atoms with Crippen molar-refractivity contribution in [3.63, 3.8) is 0 Å². The maximum absolute atomic E-state index is 6.22. The van der Waals surface area contributed by atoms with Crippen molar-refractivity contribution in [3.05, 3.63) is 34.8 Å². The normalized spacial score (nSPS) is 16.5. The van der Waals surface area contributed by atoms with Gasteiger partial charge in [0.1, 0.15) is 10.7 Å². The molecule has 1 aliphatic carbocycles. The van der Waals surface area contributed by atoms with Crippen LogP contribution in [0.25, 0.3) is 11.3 Å². The van der Waals surface area contributed by atoms with Crippen LogP contribution in [0.3, 0.4) is 0 Å². The highest BCUT2D eigenvalue weighted by molar-refractivity contribution is 7.16. The van der Waals surface area contributed by atoms with Crippen LogP contribution in [0.4, 0.5) is 5.00 Å². The van der Waals surface area contributed by atoms with Gasteiger partial charge in [0.05, 0.1) is 5.01 Å². The summed E-state index contributed by atoms with van der Waals surface area (Å²) in [6.07, 6.45) is 5.21. The SMILES string of the molecule is CC(C)(C)c1ccc(-c2nc(C3CCCC3)sc2N)cc1. The minimum Gasteiger partial charge on any atom is -0.389 e. The first-order valence-corrected chi connectivity index (χ1v) is 8.64. The zero-order valence-corrected chi connectivity index (χ0v) is 14.0. The van der Waals surface area contributed by atoms with E-state index >= 15 is 0 Å². The highest BCUT2D eigenvalue weighted by Gasteiger charge is 2.22. The van der Waals surface area contributed by atoms with Crippen molar-refractivity contribution in [2.75, 3.05) is 5.73 Å². The van der Waals surface area contributed by atoms with Gasteiger partial charge in [-0.3, -0.25) is 0 Å². The van der Waals surface area contributed by atoms with Crippen molar-refractivity contribution in [3.8, 4) is 11.3 Å². The van der Waals surface area contributed by atoms with Gasteiger partial charge in [0, 0.05) is 11.5 Å². The lowest BCUT2D eigenvalue weighted by Crippen LogP contribution is -2.10. The Bertz CT molecular complexity index is 614. The number of nitrogen functional groups attached to an aromatic ring is 1. The molecule has 1 aromatic heterocycles. The van der Waals surface area contributed by atoms with Gasteiger partial charge in [-0.05, 0) is 23.8 Å². The first-order chi connectivity index (χ1) is 9.95. The predicted octanol–water partition coefficient (Wildman–Crippen LogP) is 5.35. The Morgan fingerprint density at radius 1 is 1.10 bits per heavy atom. The second kappa shape index (κ2) is 5.45. The lowest BCUT2D eigenvalue weighted by atomic mass is 9.86. The molecule has 3 rings (SSSR count). The predicted molar refractivity (Wildman–Crippen MR) is 91.9 cm³/mol. The molecule has 2 N–H and O–H groups in total. The van der Waals surface area contributed by atoms with Gasteiger partial charge in [-0.15, -0.1) is 11.3 Å². The molecule has 0 radical (unpaired) electrons. The van der Waals surface area contributed by atoms with Crippen LogP contribution in [0.2, 0.25) is 0 Å². The summed E-state index contributed by atoms with van der Waals surface area (Å²) >= 11 is 1.68. The van der Waals surface area contributed by atoms with Gasteiger partial charge >= 0.3 is 0 Å². The summed E-state index contributed by atoms with van der Waals surface area (Å²) in [6, 6.07) is 8.71. The summed E-state index contributed by atoms with van der Waals surface area (Å²) in [7, 11) is 0. The first-order valence-electron chi connectivity index (χ1n) is 7.82. The average Bonchev–Trinajstić information content (AvgIpc) is 3.07. The minimum atomic E-state index is 0.182. The van der Waals surface area contributed by atoms with Crippen LogP contribution < -0.4 is 5.73 Å². The number of nitrogens with zero attached hydrogens (tertiary/aromatic N) is 1. The molecule has 0 spiro atoms. The summed E-state index contributed by atoms with van der Waals surface area (Å²) in [5.41, 5.74) is 9.86. The van der Waals surface area contributed by atoms with Crippen molar-refractivity contribution >= 4 is 16.3 Å². The Morgan fingerprint density at radius 3 is 2.29 bits per heavy atom. The standard InChI is InChI=1S/C18H24N2S/c1-18(2,3)14-10-8-12(9-11-14)15-16(19)21-17(20-15)13-6-4-5-7-13/h8-11,13H,4-7,19H2,1-3H3. The van der Waals surface area contributed by atoms with E-state index in [1.54, 1.807) is 11.3 Å². The highest BCUT2D eigenvalue weighted by atomic mass is 32.1. The molecule has 0 unspecified atom stereocenters. The minimum absolute atomic E-state index is 0.182. The largest absolute Gasteiger partial charge is 0.389 e. The molecule has 1 saturated carbocycles. The van der Waals surface area contributed by atoms with E-state index in [1.807, 2.05) is 0 Å². The van der Waals surface area contributed by atoms with Gasteiger partial charge in [0.25, 0.3) is 0 Å². The number of nitrogens with two attached hydrogens (primary N) is 1. The van der Waals surface area contributed by atoms with E-state index in [9.17, 15) is 0 Å². The van der Waals surface area contributed by atoms with Crippen LogP contribution in [0.15, 0.2) is 24.3 Å². The molecule has 0 amide bonds. The number of benzene rings is 1. The maximum Gasteiger partial charge on any atom is 0.114 e. The fourth-order valence-electron chi connectivity index (χ4n) is 3.03. The lowest BCUT2D eigenvalue weighted by molar-refractivity contribution is 0.590. The summed E-state index contributed by atoms with van der Waals surface area (Å²) < 4.78 is 0. The van der Waals surface area contributed by atoms with Crippen molar-refractivity contribution in [2.24, 2.45) is 0 Å². The fraction of sp³-hybridized carbons (Fsp3) is 0.500. The Kier molecular flexibility index (Phi) is 3.78. The van der Waals surface area contributed by atoms with E-state index in [-0.39, 0.29) is 5.41 Å². The van der Waals surface area contributed by atoms with E-state index < -0.39 is 0 Å². The monoisotopic (exact) mass is 300 g/mol. The van der Waals surface area contributed by atoms with Crippen LogP contribution in [-0.2, 0) is 5.41 Å². The molecule has 1 fully saturated rings. The van der Waals surface area contributed by atoms with Gasteiger partial charge < -0.3 is 5.73 Å². The molecule has 0 aliphatic heterocycles. The summed E-state index contributed by atoms with van der Waals surface area (Å²) in [6.45, 7) is 6.70. The summed E-state index contributed by atoms with van der Waals surface area (Å²) in [5.74, 6) is 0.639. The molecule has 1 aromatic carbocycles. The Morgan fingerprint density at radius 2 is 1.71 bits per heavy atom. The number of aromatic nitrogens is 1.